The van der Waals surface area contributed by atoms with Gasteiger partial charge >= 0.3 is 0 Å². The molecule has 5 nitrogen and oxygen atoms in total. The summed E-state index contributed by atoms with van der Waals surface area (Å²) >= 11 is 0. The van der Waals surface area contributed by atoms with E-state index in [1.54, 1.807) is 56.7 Å². The van der Waals surface area contributed by atoms with Crippen molar-refractivity contribution in [3.05, 3.63) is 59.8 Å². The van der Waals surface area contributed by atoms with E-state index in [-0.39, 0.29) is 11.8 Å². The maximum atomic E-state index is 12.4. The number of hydrogen-bond donors (Lipinski definition) is 1. The fourth-order valence-corrected chi connectivity index (χ4v) is 1.79. The lowest BCUT2D eigenvalue weighted by Gasteiger charge is -2.16. The first-order chi connectivity index (χ1) is 9.63. The highest BCUT2D eigenvalue weighted by molar-refractivity contribution is 6.06. The molecule has 0 aliphatic carbocycles. The maximum Gasteiger partial charge on any atom is 0.259 e. The lowest BCUT2D eigenvalue weighted by Crippen LogP contribution is -2.27. The minimum Gasteiger partial charge on any atom is -0.355 e. The average molecular weight is 269 g/mol. The highest BCUT2D eigenvalue weighted by Gasteiger charge is 2.15. The van der Waals surface area contributed by atoms with E-state index in [2.05, 4.69) is 10.3 Å². The molecular weight excluding hydrogens is 254 g/mol. The number of anilines is 1. The predicted molar refractivity (Wildman–Crippen MR) is 76.8 cm³/mol. The molecule has 2 amide bonds. The highest BCUT2D eigenvalue weighted by Crippen LogP contribution is 2.13. The van der Waals surface area contributed by atoms with Gasteiger partial charge in [0.15, 0.2) is 0 Å². The first-order valence-corrected chi connectivity index (χ1v) is 6.14. The molecule has 0 saturated carbocycles. The van der Waals surface area contributed by atoms with Crippen LogP contribution in [0.4, 0.5) is 5.82 Å². The quantitative estimate of drug-likeness (QED) is 0.922. The number of carbonyl (C=O) groups is 2. The standard InChI is InChI=1S/C15H15N3O2/c1-16-14(19)11-6-5-7-12(10-11)15(20)18(2)13-8-3-4-9-17-13/h3-10H,1-2H3,(H,16,19). The predicted octanol–water partition coefficient (Wildman–Crippen LogP) is 1.72. The first-order valence-electron chi connectivity index (χ1n) is 6.14. The van der Waals surface area contributed by atoms with E-state index in [0.29, 0.717) is 16.9 Å². The van der Waals surface area contributed by atoms with Gasteiger partial charge in [0, 0.05) is 31.4 Å². The van der Waals surface area contributed by atoms with Crippen LogP contribution in [-0.2, 0) is 0 Å². The Morgan fingerprint density at radius 3 is 2.50 bits per heavy atom. The zero-order valence-electron chi connectivity index (χ0n) is 11.3. The Morgan fingerprint density at radius 2 is 1.85 bits per heavy atom. The van der Waals surface area contributed by atoms with Crippen molar-refractivity contribution in [1.29, 1.82) is 0 Å². The number of benzene rings is 1. The van der Waals surface area contributed by atoms with E-state index >= 15 is 0 Å². The fourth-order valence-electron chi connectivity index (χ4n) is 1.79. The Bertz CT molecular complexity index is 626. The van der Waals surface area contributed by atoms with Crippen LogP contribution in [0.15, 0.2) is 48.7 Å². The van der Waals surface area contributed by atoms with Crippen molar-refractivity contribution in [3.63, 3.8) is 0 Å². The van der Waals surface area contributed by atoms with Crippen molar-refractivity contribution >= 4 is 17.6 Å². The van der Waals surface area contributed by atoms with Crippen molar-refractivity contribution < 1.29 is 9.59 Å². The molecule has 1 heterocycles. The zero-order valence-corrected chi connectivity index (χ0v) is 11.3. The number of hydrogen-bond acceptors (Lipinski definition) is 3. The summed E-state index contributed by atoms with van der Waals surface area (Å²) in [5.74, 6) is 0.123. The topological polar surface area (TPSA) is 62.3 Å². The Labute approximate surface area is 117 Å². The van der Waals surface area contributed by atoms with Crippen LogP contribution in [0.2, 0.25) is 0 Å². The molecule has 0 fully saturated rings. The van der Waals surface area contributed by atoms with Crippen molar-refractivity contribution in [2.75, 3.05) is 19.0 Å². The number of nitrogens with one attached hydrogen (secondary N) is 1. The van der Waals surface area contributed by atoms with Crippen LogP contribution >= 0.6 is 0 Å². The largest absolute Gasteiger partial charge is 0.355 e. The maximum absolute atomic E-state index is 12.4. The molecule has 2 aromatic rings. The number of nitrogens with zero attached hydrogens (tertiary/aromatic N) is 2. The van der Waals surface area contributed by atoms with Gasteiger partial charge in [-0.3, -0.25) is 14.5 Å². The van der Waals surface area contributed by atoms with Gasteiger partial charge in [0.05, 0.1) is 0 Å². The fraction of sp³-hybridized carbons (Fsp3) is 0.133. The van der Waals surface area contributed by atoms with Crippen LogP contribution in [0.1, 0.15) is 20.7 Å². The minimum atomic E-state index is -0.222. The van der Waals surface area contributed by atoms with E-state index in [1.807, 2.05) is 6.07 Å². The van der Waals surface area contributed by atoms with Gasteiger partial charge in [-0.05, 0) is 30.3 Å². The molecule has 0 atom stereocenters. The van der Waals surface area contributed by atoms with Crippen LogP contribution in [0, 0.1) is 0 Å². The van der Waals surface area contributed by atoms with E-state index in [4.69, 9.17) is 0 Å². The molecule has 1 N–H and O–H groups in total. The molecular formula is C15H15N3O2. The van der Waals surface area contributed by atoms with Crippen LogP contribution in [-0.4, -0.2) is 30.9 Å². The SMILES string of the molecule is CNC(=O)c1cccc(C(=O)N(C)c2ccccn2)c1. The number of pyridine rings is 1. The van der Waals surface area contributed by atoms with E-state index in [9.17, 15) is 9.59 Å². The molecule has 2 rings (SSSR count). The van der Waals surface area contributed by atoms with E-state index < -0.39 is 0 Å². The summed E-state index contributed by atoms with van der Waals surface area (Å²) in [6.45, 7) is 0. The molecule has 1 aromatic carbocycles. The normalized spacial score (nSPS) is 9.90. The van der Waals surface area contributed by atoms with Gasteiger partial charge in [0.2, 0.25) is 0 Å². The van der Waals surface area contributed by atoms with Gasteiger partial charge in [0.25, 0.3) is 11.8 Å². The second-order valence-electron chi connectivity index (χ2n) is 4.21. The Morgan fingerprint density at radius 1 is 1.10 bits per heavy atom. The van der Waals surface area contributed by atoms with Gasteiger partial charge in [-0.2, -0.15) is 0 Å². The number of rotatable bonds is 3. The molecule has 0 radical (unpaired) electrons. The van der Waals surface area contributed by atoms with Gasteiger partial charge in [-0.1, -0.05) is 12.1 Å². The van der Waals surface area contributed by atoms with Crippen molar-refractivity contribution in [3.8, 4) is 0 Å². The van der Waals surface area contributed by atoms with Crippen LogP contribution in [0.5, 0.6) is 0 Å². The third-order valence-corrected chi connectivity index (χ3v) is 2.90. The monoisotopic (exact) mass is 269 g/mol. The molecule has 0 aliphatic heterocycles. The highest BCUT2D eigenvalue weighted by atomic mass is 16.2. The Hall–Kier alpha value is -2.69. The van der Waals surface area contributed by atoms with Crippen molar-refractivity contribution in [1.82, 2.24) is 10.3 Å². The molecule has 0 unspecified atom stereocenters. The zero-order chi connectivity index (χ0) is 14.5. The smallest absolute Gasteiger partial charge is 0.259 e. The summed E-state index contributed by atoms with van der Waals surface area (Å²) in [4.78, 5) is 29.5. The van der Waals surface area contributed by atoms with Crippen LogP contribution in [0.3, 0.4) is 0 Å². The number of amides is 2. The average Bonchev–Trinajstić information content (AvgIpc) is 2.53. The second kappa shape index (κ2) is 5.97. The number of aromatic nitrogens is 1. The van der Waals surface area contributed by atoms with Gasteiger partial charge in [0.1, 0.15) is 5.82 Å². The minimum absolute atomic E-state index is 0.213. The molecule has 0 bridgehead atoms. The lowest BCUT2D eigenvalue weighted by molar-refractivity contribution is 0.0963. The molecule has 0 aliphatic rings. The van der Waals surface area contributed by atoms with Gasteiger partial charge in [-0.15, -0.1) is 0 Å². The summed E-state index contributed by atoms with van der Waals surface area (Å²) in [5.41, 5.74) is 0.895. The molecule has 1 aromatic heterocycles. The summed E-state index contributed by atoms with van der Waals surface area (Å²) in [6, 6.07) is 11.9. The number of carbonyl (C=O) groups excluding carboxylic acids is 2. The van der Waals surface area contributed by atoms with Crippen LogP contribution in [0.25, 0.3) is 0 Å². The van der Waals surface area contributed by atoms with Gasteiger partial charge < -0.3 is 5.32 Å². The van der Waals surface area contributed by atoms with Crippen molar-refractivity contribution in [2.24, 2.45) is 0 Å². The second-order valence-corrected chi connectivity index (χ2v) is 4.21. The Kier molecular flexibility index (Phi) is 4.10. The Balaban J connectivity index is 2.27. The summed E-state index contributed by atoms with van der Waals surface area (Å²) < 4.78 is 0. The third kappa shape index (κ3) is 2.83. The molecule has 0 spiro atoms. The molecule has 102 valence electrons. The van der Waals surface area contributed by atoms with Gasteiger partial charge in [-0.25, -0.2) is 4.98 Å². The van der Waals surface area contributed by atoms with E-state index in [0.717, 1.165) is 0 Å². The summed E-state index contributed by atoms with van der Waals surface area (Å²) in [7, 11) is 3.20. The van der Waals surface area contributed by atoms with E-state index in [1.165, 1.54) is 4.90 Å². The molecule has 20 heavy (non-hydrogen) atoms. The summed E-state index contributed by atoms with van der Waals surface area (Å²) in [6.07, 6.45) is 1.63. The summed E-state index contributed by atoms with van der Waals surface area (Å²) in [5, 5.41) is 2.53. The lowest BCUT2D eigenvalue weighted by atomic mass is 10.1. The molecule has 0 saturated heterocycles. The third-order valence-electron chi connectivity index (χ3n) is 2.90. The van der Waals surface area contributed by atoms with Crippen molar-refractivity contribution in [2.45, 2.75) is 0 Å². The molecule has 5 heteroatoms. The first kappa shape index (κ1) is 13.7. The van der Waals surface area contributed by atoms with Crippen LogP contribution < -0.4 is 10.2 Å².